The lowest BCUT2D eigenvalue weighted by Crippen LogP contribution is -2.51. The molecular weight excluding hydrogens is 389 g/mol. The number of anilines is 2. The van der Waals surface area contributed by atoms with Crippen molar-refractivity contribution in [2.45, 2.75) is 17.6 Å². The summed E-state index contributed by atoms with van der Waals surface area (Å²) in [6, 6.07) is 3.64. The van der Waals surface area contributed by atoms with Gasteiger partial charge in [0.05, 0.1) is 11.4 Å². The molecule has 136 valence electrons. The number of ether oxygens (including phenoxy) is 2. The smallest absolute Gasteiger partial charge is 0.434 e. The fourth-order valence-corrected chi connectivity index (χ4v) is 3.50. The molecule has 2 aliphatic heterocycles. The molecule has 13 heteroatoms. The minimum Gasteiger partial charge on any atom is -0.434 e. The second-order valence-electron chi connectivity index (χ2n) is 5.32. The Balaban J connectivity index is 2.15. The summed E-state index contributed by atoms with van der Waals surface area (Å²) in [6.07, 6.45) is -5.82. The molecular formula is C12H10ClF3N4O4S. The number of hydrogen-bond acceptors (Lipinski definition) is 6. The zero-order valence-corrected chi connectivity index (χ0v) is 14.2. The van der Waals surface area contributed by atoms with Crippen molar-refractivity contribution in [1.82, 2.24) is 4.31 Å². The molecule has 2 aliphatic rings. The minimum atomic E-state index is -4.47. The molecule has 1 aromatic rings. The van der Waals surface area contributed by atoms with Crippen LogP contribution in [0.25, 0.3) is 0 Å². The standard InChI is InChI=1S/C12H10ClF3N4O4S/c1-19(2)25(21,22)20-7-4-9-8(3-6(7)18-10(20)5-17)24-12(15,16)11(13,14)23-9/h3-4,10,18H,1-2H3. The molecule has 0 spiro atoms. The first-order chi connectivity index (χ1) is 11.4. The van der Waals surface area contributed by atoms with E-state index >= 15 is 0 Å². The summed E-state index contributed by atoms with van der Waals surface area (Å²) in [5, 5.41) is 7.76. The topological polar surface area (TPSA) is 94.9 Å². The van der Waals surface area contributed by atoms with Crippen LogP contribution in [-0.2, 0) is 10.2 Å². The second kappa shape index (κ2) is 5.20. The van der Waals surface area contributed by atoms with Gasteiger partial charge in [0.1, 0.15) is 6.07 Å². The van der Waals surface area contributed by atoms with Crippen molar-refractivity contribution in [1.29, 1.82) is 5.26 Å². The number of nitrogens with one attached hydrogen (secondary N) is 1. The average Bonchev–Trinajstić information content (AvgIpc) is 2.83. The third-order valence-electron chi connectivity index (χ3n) is 3.47. The van der Waals surface area contributed by atoms with Crippen molar-refractivity contribution in [3.8, 4) is 17.6 Å². The molecule has 2 unspecified atom stereocenters. The largest absolute Gasteiger partial charge is 0.488 e. The van der Waals surface area contributed by atoms with Crippen LogP contribution in [0.1, 0.15) is 0 Å². The van der Waals surface area contributed by atoms with Gasteiger partial charge >= 0.3 is 21.6 Å². The number of hydrogen-bond donors (Lipinski definition) is 1. The maximum Gasteiger partial charge on any atom is 0.488 e. The molecule has 1 aromatic carbocycles. The highest BCUT2D eigenvalue weighted by Crippen LogP contribution is 2.52. The van der Waals surface area contributed by atoms with E-state index in [9.17, 15) is 26.9 Å². The van der Waals surface area contributed by atoms with E-state index in [2.05, 4.69) is 14.8 Å². The Morgan fingerprint density at radius 1 is 1.32 bits per heavy atom. The molecule has 0 radical (unpaired) electrons. The highest BCUT2D eigenvalue weighted by atomic mass is 35.5. The molecule has 0 fully saturated rings. The van der Waals surface area contributed by atoms with Crippen LogP contribution in [0.3, 0.4) is 0 Å². The predicted molar refractivity (Wildman–Crippen MR) is 80.4 cm³/mol. The van der Waals surface area contributed by atoms with Gasteiger partial charge in [0.25, 0.3) is 0 Å². The van der Waals surface area contributed by atoms with Gasteiger partial charge < -0.3 is 14.8 Å². The Morgan fingerprint density at radius 3 is 2.48 bits per heavy atom. The summed E-state index contributed by atoms with van der Waals surface area (Å²) >= 11 is 5.00. The zero-order valence-electron chi connectivity index (χ0n) is 12.6. The molecule has 0 aliphatic carbocycles. The maximum atomic E-state index is 13.7. The summed E-state index contributed by atoms with van der Waals surface area (Å²) in [5.74, 6) is -1.10. The Labute approximate surface area is 145 Å². The average molecular weight is 399 g/mol. The van der Waals surface area contributed by atoms with Gasteiger partial charge in [-0.15, -0.1) is 0 Å². The van der Waals surface area contributed by atoms with Crippen molar-refractivity contribution in [2.75, 3.05) is 23.7 Å². The third kappa shape index (κ3) is 2.50. The summed E-state index contributed by atoms with van der Waals surface area (Å²) in [7, 11) is -1.64. The van der Waals surface area contributed by atoms with Crippen LogP contribution >= 0.6 is 11.6 Å². The van der Waals surface area contributed by atoms with E-state index < -0.39 is 39.3 Å². The highest BCUT2D eigenvalue weighted by Gasteiger charge is 2.63. The molecule has 8 nitrogen and oxygen atoms in total. The monoisotopic (exact) mass is 398 g/mol. The van der Waals surface area contributed by atoms with Crippen LogP contribution in [0.2, 0.25) is 0 Å². The molecule has 3 rings (SSSR count). The Bertz CT molecular complexity index is 887. The number of fused-ring (bicyclic) bond motifs is 2. The maximum absolute atomic E-state index is 13.7. The van der Waals surface area contributed by atoms with E-state index in [4.69, 9.17) is 11.6 Å². The van der Waals surface area contributed by atoms with Gasteiger partial charge in [0, 0.05) is 26.2 Å². The number of nitrogens with zero attached hydrogens (tertiary/aromatic N) is 3. The quantitative estimate of drug-likeness (QED) is 0.763. The Hall–Kier alpha value is -2.10. The summed E-state index contributed by atoms with van der Waals surface area (Å²) in [4.78, 5) is 0. The van der Waals surface area contributed by atoms with E-state index in [1.807, 2.05) is 0 Å². The fraction of sp³-hybridized carbons (Fsp3) is 0.417. The van der Waals surface area contributed by atoms with E-state index in [1.165, 1.54) is 14.1 Å². The van der Waals surface area contributed by atoms with Crippen LogP contribution < -0.4 is 19.1 Å². The first kappa shape index (κ1) is 17.7. The van der Waals surface area contributed by atoms with Crippen LogP contribution in [0.5, 0.6) is 11.5 Å². The predicted octanol–water partition coefficient (Wildman–Crippen LogP) is 1.80. The third-order valence-corrected chi connectivity index (χ3v) is 5.60. The summed E-state index contributed by atoms with van der Waals surface area (Å²) in [6.45, 7) is 0. The van der Waals surface area contributed by atoms with Crippen molar-refractivity contribution in [3.63, 3.8) is 0 Å². The molecule has 0 amide bonds. The van der Waals surface area contributed by atoms with E-state index in [0.29, 0.717) is 4.31 Å². The van der Waals surface area contributed by atoms with Gasteiger partial charge in [-0.05, 0) is 11.6 Å². The van der Waals surface area contributed by atoms with Crippen molar-refractivity contribution < 1.29 is 31.1 Å². The van der Waals surface area contributed by atoms with Crippen molar-refractivity contribution in [3.05, 3.63) is 12.1 Å². The van der Waals surface area contributed by atoms with Gasteiger partial charge in [0.15, 0.2) is 11.5 Å². The molecule has 2 heterocycles. The van der Waals surface area contributed by atoms with Crippen molar-refractivity contribution in [2.24, 2.45) is 0 Å². The molecule has 25 heavy (non-hydrogen) atoms. The van der Waals surface area contributed by atoms with Gasteiger partial charge in [-0.1, -0.05) is 0 Å². The SMILES string of the molecule is CN(C)S(=O)(=O)N1c2cc3c(cc2NC1C#N)OC(F)(F)C(F)(Cl)O3. The molecule has 1 N–H and O–H groups in total. The number of halogens is 4. The van der Waals surface area contributed by atoms with Gasteiger partial charge in [-0.3, -0.25) is 0 Å². The van der Waals surface area contributed by atoms with Crippen LogP contribution in [0.4, 0.5) is 24.5 Å². The first-order valence-electron chi connectivity index (χ1n) is 6.60. The lowest BCUT2D eigenvalue weighted by atomic mass is 10.2. The normalized spacial score (nSPS) is 26.8. The fourth-order valence-electron chi connectivity index (χ4n) is 2.26. The highest BCUT2D eigenvalue weighted by molar-refractivity contribution is 7.90. The zero-order chi connectivity index (χ0) is 18.8. The van der Waals surface area contributed by atoms with Crippen LogP contribution in [0.15, 0.2) is 12.1 Å². The molecule has 2 atom stereocenters. The second-order valence-corrected chi connectivity index (χ2v) is 7.82. The number of rotatable bonds is 2. The molecule has 0 saturated heterocycles. The summed E-state index contributed by atoms with van der Waals surface area (Å²) < 4.78 is 75.8. The molecule has 0 aromatic heterocycles. The molecule has 0 saturated carbocycles. The van der Waals surface area contributed by atoms with E-state index in [1.54, 1.807) is 6.07 Å². The van der Waals surface area contributed by atoms with Crippen LogP contribution in [0, 0.1) is 11.3 Å². The Morgan fingerprint density at radius 2 is 1.92 bits per heavy atom. The molecule has 0 bridgehead atoms. The lowest BCUT2D eigenvalue weighted by molar-refractivity contribution is -0.303. The Kier molecular flexibility index (Phi) is 3.68. The summed E-state index contributed by atoms with van der Waals surface area (Å²) in [5.41, 5.74) is -0.101. The first-order valence-corrected chi connectivity index (χ1v) is 8.38. The van der Waals surface area contributed by atoms with Gasteiger partial charge in [-0.25, -0.2) is 4.31 Å². The van der Waals surface area contributed by atoms with Crippen LogP contribution in [-0.4, -0.2) is 44.4 Å². The minimum absolute atomic E-state index is 0.0102. The van der Waals surface area contributed by atoms with Gasteiger partial charge in [-0.2, -0.15) is 31.2 Å². The lowest BCUT2D eigenvalue weighted by Gasteiger charge is -2.33. The van der Waals surface area contributed by atoms with E-state index in [-0.39, 0.29) is 11.4 Å². The van der Waals surface area contributed by atoms with Crippen molar-refractivity contribution >= 4 is 33.2 Å². The van der Waals surface area contributed by atoms with E-state index in [0.717, 1.165) is 16.4 Å². The number of alkyl halides is 4. The number of nitriles is 1. The van der Waals surface area contributed by atoms with Gasteiger partial charge in [0.2, 0.25) is 6.17 Å². The number of benzene rings is 1.